The highest BCUT2D eigenvalue weighted by Gasteiger charge is 2.48. The lowest BCUT2D eigenvalue weighted by Gasteiger charge is -2.44. The lowest BCUT2D eigenvalue weighted by atomic mass is 9.93. The number of nitrogens with zero attached hydrogens (tertiary/aromatic N) is 1. The number of hydrogen-bond acceptors (Lipinski definition) is 10. The molecule has 2 aliphatic rings. The number of halogens is 2. The highest BCUT2D eigenvalue weighted by molar-refractivity contribution is 8.00. The maximum atomic E-state index is 15.2. The molecule has 2 aliphatic heterocycles. The quantitative estimate of drug-likeness (QED) is 0.131. The molecule has 4 aromatic carbocycles. The Labute approximate surface area is 342 Å². The van der Waals surface area contributed by atoms with E-state index < -0.39 is 46.7 Å². The van der Waals surface area contributed by atoms with E-state index in [2.05, 4.69) is 19.2 Å². The van der Waals surface area contributed by atoms with Crippen LogP contribution >= 0.6 is 35.0 Å². The van der Waals surface area contributed by atoms with Gasteiger partial charge in [-0.25, -0.2) is 14.5 Å². The third-order valence-electron chi connectivity index (χ3n) is 9.15. The fraction of sp³-hybridized carbons (Fsp3) is 0.372. The third kappa shape index (κ3) is 10.4. The Bertz CT molecular complexity index is 1960. The molecular formula is C43H46Cl2N2O8S. The topological polar surface area (TPSA) is 113 Å². The van der Waals surface area contributed by atoms with Gasteiger partial charge in [-0.1, -0.05) is 91.6 Å². The summed E-state index contributed by atoms with van der Waals surface area (Å²) < 4.78 is 29.9. The van der Waals surface area contributed by atoms with E-state index in [0.717, 1.165) is 11.1 Å². The van der Waals surface area contributed by atoms with Gasteiger partial charge in [0.2, 0.25) is 11.7 Å². The van der Waals surface area contributed by atoms with Gasteiger partial charge in [0, 0.05) is 26.7 Å². The summed E-state index contributed by atoms with van der Waals surface area (Å²) in [7, 11) is 0. The van der Waals surface area contributed by atoms with Crippen molar-refractivity contribution in [1.82, 2.24) is 4.90 Å². The van der Waals surface area contributed by atoms with Crippen molar-refractivity contribution >= 4 is 58.6 Å². The molecular weight excluding hydrogens is 775 g/mol. The van der Waals surface area contributed by atoms with E-state index in [4.69, 9.17) is 46.9 Å². The summed E-state index contributed by atoms with van der Waals surface area (Å²) in [6.45, 7) is 10.0. The first kappa shape index (κ1) is 41.4. The SMILES string of the molecule is CC1(C)COC(CS[C@@H](C(=O)N2C(=O)OC[C@@H]2c2ccccc2)[C@@H](Nc2ccc(Cl)cc2)c2ccc(OCC(=O)OC(C)(C)C)cc2)(c2ccc(Cl)cc2)OC1. The number of rotatable bonds is 13. The van der Waals surface area contributed by atoms with Crippen molar-refractivity contribution in [2.24, 2.45) is 5.41 Å². The molecule has 296 valence electrons. The summed E-state index contributed by atoms with van der Waals surface area (Å²) in [4.78, 5) is 42.3. The van der Waals surface area contributed by atoms with Crippen molar-refractivity contribution < 1.29 is 38.1 Å². The molecule has 2 fully saturated rings. The van der Waals surface area contributed by atoms with E-state index in [-0.39, 0.29) is 24.4 Å². The van der Waals surface area contributed by atoms with Crippen LogP contribution in [0, 0.1) is 5.41 Å². The number of nitrogens with one attached hydrogen (secondary N) is 1. The molecule has 0 aromatic heterocycles. The van der Waals surface area contributed by atoms with Crippen LogP contribution in [0.4, 0.5) is 10.5 Å². The van der Waals surface area contributed by atoms with Gasteiger partial charge < -0.3 is 29.0 Å². The Kier molecular flexibility index (Phi) is 12.9. The molecule has 1 N–H and O–H groups in total. The number of esters is 1. The van der Waals surface area contributed by atoms with Crippen molar-refractivity contribution in [3.8, 4) is 5.75 Å². The van der Waals surface area contributed by atoms with Crippen molar-refractivity contribution in [2.45, 2.75) is 63.3 Å². The number of benzene rings is 4. The first-order valence-corrected chi connectivity index (χ1v) is 20.1. The van der Waals surface area contributed by atoms with E-state index in [1.54, 1.807) is 57.2 Å². The Hall–Kier alpha value is -4.26. The van der Waals surface area contributed by atoms with Crippen LogP contribution in [0.15, 0.2) is 103 Å². The minimum absolute atomic E-state index is 0.0148. The molecule has 2 saturated heterocycles. The smallest absolute Gasteiger partial charge is 0.417 e. The molecule has 0 spiro atoms. The molecule has 0 bridgehead atoms. The van der Waals surface area contributed by atoms with Crippen LogP contribution in [0.5, 0.6) is 5.75 Å². The number of hydrogen-bond donors (Lipinski definition) is 1. The van der Waals surface area contributed by atoms with E-state index in [9.17, 15) is 9.59 Å². The number of cyclic esters (lactones) is 1. The highest BCUT2D eigenvalue weighted by Crippen LogP contribution is 2.44. The number of thioether (sulfide) groups is 1. The monoisotopic (exact) mass is 820 g/mol. The summed E-state index contributed by atoms with van der Waals surface area (Å²) >= 11 is 13.9. The average Bonchev–Trinajstić information content (AvgIpc) is 3.56. The Balaban J connectivity index is 1.39. The average molecular weight is 822 g/mol. The van der Waals surface area contributed by atoms with Crippen molar-refractivity contribution in [3.05, 3.63) is 130 Å². The highest BCUT2D eigenvalue weighted by atomic mass is 35.5. The van der Waals surface area contributed by atoms with E-state index in [0.29, 0.717) is 40.3 Å². The van der Waals surface area contributed by atoms with Crippen LogP contribution < -0.4 is 10.1 Å². The molecule has 2 heterocycles. The van der Waals surface area contributed by atoms with Crippen LogP contribution in [0.3, 0.4) is 0 Å². The second-order valence-electron chi connectivity index (χ2n) is 15.5. The third-order valence-corrected chi connectivity index (χ3v) is 11.0. The maximum Gasteiger partial charge on any atom is 0.417 e. The van der Waals surface area contributed by atoms with Gasteiger partial charge in [0.25, 0.3) is 0 Å². The molecule has 13 heteroatoms. The Morgan fingerprint density at radius 2 is 1.50 bits per heavy atom. The van der Waals surface area contributed by atoms with Gasteiger partial charge in [-0.3, -0.25) is 4.79 Å². The molecule has 0 aliphatic carbocycles. The van der Waals surface area contributed by atoms with Gasteiger partial charge in [-0.15, -0.1) is 11.8 Å². The number of carbonyl (C=O) groups excluding carboxylic acids is 3. The summed E-state index contributed by atoms with van der Waals surface area (Å²) in [5.41, 5.74) is 2.00. The predicted octanol–water partition coefficient (Wildman–Crippen LogP) is 9.61. The van der Waals surface area contributed by atoms with Gasteiger partial charge in [0.05, 0.1) is 25.0 Å². The molecule has 2 amide bonds. The largest absolute Gasteiger partial charge is 0.482 e. The zero-order valence-electron chi connectivity index (χ0n) is 32.0. The Morgan fingerprint density at radius 3 is 2.11 bits per heavy atom. The molecule has 56 heavy (non-hydrogen) atoms. The summed E-state index contributed by atoms with van der Waals surface area (Å²) in [6.07, 6.45) is -0.732. The zero-order chi connectivity index (χ0) is 40.1. The second kappa shape index (κ2) is 17.5. The van der Waals surface area contributed by atoms with Crippen LogP contribution in [0.25, 0.3) is 0 Å². The predicted molar refractivity (Wildman–Crippen MR) is 218 cm³/mol. The van der Waals surface area contributed by atoms with E-state index in [1.165, 1.54) is 16.7 Å². The van der Waals surface area contributed by atoms with Crippen molar-refractivity contribution in [1.29, 1.82) is 0 Å². The molecule has 6 rings (SSSR count). The molecule has 0 saturated carbocycles. The lowest BCUT2D eigenvalue weighted by molar-refractivity contribution is -0.295. The summed E-state index contributed by atoms with van der Waals surface area (Å²) in [6, 6.07) is 29.5. The lowest BCUT2D eigenvalue weighted by Crippen LogP contribution is -2.49. The molecule has 0 radical (unpaired) electrons. The minimum atomic E-state index is -1.24. The number of carbonyl (C=O) groups is 3. The van der Waals surface area contributed by atoms with E-state index >= 15 is 4.79 Å². The van der Waals surface area contributed by atoms with Crippen molar-refractivity contribution in [2.75, 3.05) is 37.5 Å². The van der Waals surface area contributed by atoms with Crippen LogP contribution in [-0.2, 0) is 34.3 Å². The van der Waals surface area contributed by atoms with Gasteiger partial charge in [-0.05, 0) is 80.4 Å². The van der Waals surface area contributed by atoms with Gasteiger partial charge >= 0.3 is 12.1 Å². The molecule has 0 unspecified atom stereocenters. The number of ether oxygens (including phenoxy) is 5. The second-order valence-corrected chi connectivity index (χ2v) is 17.5. The first-order valence-electron chi connectivity index (χ1n) is 18.3. The standard InChI is InChI=1S/C43H46Cl2N2O8S/c1-41(2,3)55-36(48)24-51-34-21-11-29(12-22-34)37(46-33-19-17-32(45)18-20-33)38(39(49)47-35(23-52-40(47)50)28-9-7-6-8-10-28)56-27-43(30-13-15-31(44)16-14-30)53-25-42(4,5)26-54-43/h6-22,35,37-38,46H,23-27H2,1-5H3/t35-,37+,38-/m1/s1. The fourth-order valence-corrected chi connectivity index (χ4v) is 7.98. The van der Waals surface area contributed by atoms with E-state index in [1.807, 2.05) is 66.7 Å². The number of amides is 2. The Morgan fingerprint density at radius 1 is 0.893 bits per heavy atom. The summed E-state index contributed by atoms with van der Waals surface area (Å²) in [5.74, 6) is -1.60. The van der Waals surface area contributed by atoms with Gasteiger partial charge in [-0.2, -0.15) is 0 Å². The van der Waals surface area contributed by atoms with Gasteiger partial charge in [0.15, 0.2) is 6.61 Å². The van der Waals surface area contributed by atoms with Crippen molar-refractivity contribution in [3.63, 3.8) is 0 Å². The van der Waals surface area contributed by atoms with Crippen LogP contribution in [0.2, 0.25) is 10.0 Å². The normalized spacial score (nSPS) is 18.7. The zero-order valence-corrected chi connectivity index (χ0v) is 34.3. The maximum absolute atomic E-state index is 15.2. The number of imide groups is 1. The molecule has 10 nitrogen and oxygen atoms in total. The molecule has 3 atom stereocenters. The molecule has 4 aromatic rings. The van der Waals surface area contributed by atoms with Crippen LogP contribution in [0.1, 0.15) is 63.4 Å². The minimum Gasteiger partial charge on any atom is -0.482 e. The van der Waals surface area contributed by atoms with Gasteiger partial charge in [0.1, 0.15) is 29.2 Å². The first-order chi connectivity index (χ1) is 26.6. The van der Waals surface area contributed by atoms with Crippen LogP contribution in [-0.4, -0.2) is 65.9 Å². The summed E-state index contributed by atoms with van der Waals surface area (Å²) in [5, 5.41) is 3.71. The fourth-order valence-electron chi connectivity index (χ4n) is 6.32. The number of anilines is 1.